The molecule has 0 aliphatic rings. The quantitative estimate of drug-likeness (QED) is 0.867. The van der Waals surface area contributed by atoms with Crippen LogP contribution in [0.25, 0.3) is 0 Å². The molecule has 3 nitrogen and oxygen atoms in total. The molecule has 6 heteroatoms. The van der Waals surface area contributed by atoms with Gasteiger partial charge in [-0.1, -0.05) is 29.5 Å². The number of rotatable bonds is 2. The van der Waals surface area contributed by atoms with Crippen LogP contribution in [0.15, 0.2) is 30.6 Å². The van der Waals surface area contributed by atoms with Crippen LogP contribution in [-0.2, 0) is 13.0 Å². The van der Waals surface area contributed by atoms with Gasteiger partial charge in [0.2, 0.25) is 0 Å². The number of aromatic nitrogens is 2. The summed E-state index contributed by atoms with van der Waals surface area (Å²) in [6.45, 7) is 1.24. The van der Waals surface area contributed by atoms with Crippen molar-refractivity contribution in [3.8, 4) is 11.8 Å². The highest BCUT2D eigenvalue weighted by atomic mass is 35.5. The molecule has 0 fully saturated rings. The second-order valence-electron chi connectivity index (χ2n) is 4.76. The van der Waals surface area contributed by atoms with Crippen LogP contribution in [0, 0.1) is 11.8 Å². The maximum Gasteiger partial charge on any atom is 0.289 e. The van der Waals surface area contributed by atoms with E-state index in [1.54, 1.807) is 24.1 Å². The number of alkyl halides is 2. The molecule has 0 aliphatic carbocycles. The number of nitrogens with two attached hydrogens (primary N) is 1. The van der Waals surface area contributed by atoms with Crippen LogP contribution in [0.5, 0.6) is 0 Å². The Morgan fingerprint density at radius 1 is 1.33 bits per heavy atom. The molecule has 1 atom stereocenters. The molecular formula is C15H14ClF2N3. The van der Waals surface area contributed by atoms with E-state index in [1.807, 2.05) is 0 Å². The van der Waals surface area contributed by atoms with Crippen LogP contribution < -0.4 is 5.73 Å². The molecule has 2 aromatic rings. The largest absolute Gasteiger partial charge is 0.323 e. The van der Waals surface area contributed by atoms with Gasteiger partial charge in [-0.05, 0) is 19.1 Å². The van der Waals surface area contributed by atoms with Crippen LogP contribution in [0.3, 0.4) is 0 Å². The zero-order chi connectivity index (χ0) is 15.6. The topological polar surface area (TPSA) is 43.8 Å². The zero-order valence-electron chi connectivity index (χ0n) is 11.6. The third kappa shape index (κ3) is 3.41. The third-order valence-electron chi connectivity index (χ3n) is 2.96. The van der Waals surface area contributed by atoms with Crippen molar-refractivity contribution in [2.75, 3.05) is 0 Å². The lowest BCUT2D eigenvalue weighted by atomic mass is 10.0. The van der Waals surface area contributed by atoms with Crippen LogP contribution >= 0.6 is 11.6 Å². The van der Waals surface area contributed by atoms with Crippen molar-refractivity contribution in [3.05, 3.63) is 52.3 Å². The van der Waals surface area contributed by atoms with Gasteiger partial charge in [0.25, 0.3) is 5.92 Å². The number of halogens is 3. The Balaban J connectivity index is 2.30. The second kappa shape index (κ2) is 5.84. The summed E-state index contributed by atoms with van der Waals surface area (Å²) >= 11 is 5.92. The van der Waals surface area contributed by atoms with E-state index in [2.05, 4.69) is 16.9 Å². The van der Waals surface area contributed by atoms with Crippen molar-refractivity contribution in [1.29, 1.82) is 0 Å². The molecule has 0 bridgehead atoms. The first-order chi connectivity index (χ1) is 9.80. The molecule has 0 amide bonds. The lowest BCUT2D eigenvalue weighted by Gasteiger charge is -2.21. The molecule has 0 spiro atoms. The van der Waals surface area contributed by atoms with Gasteiger partial charge in [0.05, 0.1) is 22.8 Å². The summed E-state index contributed by atoms with van der Waals surface area (Å²) in [4.78, 5) is 0. The first kappa shape index (κ1) is 15.5. The fourth-order valence-electron chi connectivity index (χ4n) is 1.74. The Morgan fingerprint density at radius 3 is 2.52 bits per heavy atom. The highest BCUT2D eigenvalue weighted by Crippen LogP contribution is 2.35. The molecule has 110 valence electrons. The van der Waals surface area contributed by atoms with E-state index in [-0.39, 0.29) is 10.6 Å². The molecule has 2 N–H and O–H groups in total. The summed E-state index contributed by atoms with van der Waals surface area (Å²) < 4.78 is 29.4. The molecule has 1 aromatic carbocycles. The molecule has 0 radical (unpaired) electrons. The third-order valence-corrected chi connectivity index (χ3v) is 3.27. The highest BCUT2D eigenvalue weighted by Gasteiger charge is 2.38. The van der Waals surface area contributed by atoms with Crippen molar-refractivity contribution in [2.24, 2.45) is 12.8 Å². The number of benzene rings is 1. The van der Waals surface area contributed by atoms with Crippen molar-refractivity contribution in [1.82, 2.24) is 9.78 Å². The van der Waals surface area contributed by atoms with E-state index in [0.717, 1.165) is 5.56 Å². The number of hydrogen-bond donors (Lipinski definition) is 1. The average Bonchev–Trinajstić information content (AvgIpc) is 2.82. The Morgan fingerprint density at radius 2 is 2.00 bits per heavy atom. The van der Waals surface area contributed by atoms with E-state index in [4.69, 9.17) is 17.3 Å². The van der Waals surface area contributed by atoms with Gasteiger partial charge in [0.15, 0.2) is 0 Å². The van der Waals surface area contributed by atoms with E-state index in [1.165, 1.54) is 25.1 Å². The van der Waals surface area contributed by atoms with Crippen LogP contribution in [0.1, 0.15) is 23.6 Å². The molecule has 1 heterocycles. The minimum absolute atomic E-state index is 0.0460. The number of nitrogens with zero attached hydrogens (tertiary/aromatic N) is 2. The first-order valence-corrected chi connectivity index (χ1v) is 6.62. The second-order valence-corrected chi connectivity index (χ2v) is 5.17. The fourth-order valence-corrected chi connectivity index (χ4v) is 2.05. The lowest BCUT2D eigenvalue weighted by Crippen LogP contribution is -2.36. The van der Waals surface area contributed by atoms with Crippen LogP contribution in [0.2, 0.25) is 5.02 Å². The summed E-state index contributed by atoms with van der Waals surface area (Å²) in [6.07, 6.45) is 3.38. The molecule has 1 unspecified atom stereocenters. The first-order valence-electron chi connectivity index (χ1n) is 6.25. The standard InChI is InChI=1S/C15H14ClF2N3/c1-10(19)15(17,18)13-6-5-11(7-14(13)16)3-4-12-8-20-21(2)9-12/h5-10H,19H2,1-2H3. The Labute approximate surface area is 126 Å². The van der Waals surface area contributed by atoms with E-state index in [0.29, 0.717) is 5.56 Å². The Hall–Kier alpha value is -1.90. The summed E-state index contributed by atoms with van der Waals surface area (Å²) in [5, 5.41) is 3.94. The monoisotopic (exact) mass is 309 g/mol. The van der Waals surface area contributed by atoms with Crippen molar-refractivity contribution in [2.45, 2.75) is 18.9 Å². The molecular weight excluding hydrogens is 296 g/mol. The van der Waals surface area contributed by atoms with Crippen molar-refractivity contribution in [3.63, 3.8) is 0 Å². The van der Waals surface area contributed by atoms with Gasteiger partial charge in [-0.25, -0.2) is 0 Å². The summed E-state index contributed by atoms with van der Waals surface area (Å²) in [5.41, 5.74) is 6.30. The molecule has 21 heavy (non-hydrogen) atoms. The summed E-state index contributed by atoms with van der Waals surface area (Å²) in [5.74, 6) is 2.57. The Bertz CT molecular complexity index is 711. The van der Waals surface area contributed by atoms with E-state index >= 15 is 0 Å². The summed E-state index contributed by atoms with van der Waals surface area (Å²) in [6, 6.07) is 2.86. The van der Waals surface area contributed by atoms with Gasteiger partial charge in [-0.3, -0.25) is 4.68 Å². The molecule has 0 saturated carbocycles. The normalized spacial score (nSPS) is 12.7. The number of aryl methyl sites for hydroxylation is 1. The van der Waals surface area contributed by atoms with Gasteiger partial charge >= 0.3 is 0 Å². The minimum atomic E-state index is -3.17. The maximum absolute atomic E-state index is 13.9. The van der Waals surface area contributed by atoms with Crippen LogP contribution in [-0.4, -0.2) is 15.8 Å². The van der Waals surface area contributed by atoms with Gasteiger partial charge in [0, 0.05) is 24.4 Å². The van der Waals surface area contributed by atoms with Gasteiger partial charge < -0.3 is 5.73 Å². The SMILES string of the molecule is CC(N)C(F)(F)c1ccc(C#Cc2cnn(C)c2)cc1Cl. The average molecular weight is 310 g/mol. The van der Waals surface area contributed by atoms with E-state index < -0.39 is 12.0 Å². The molecule has 2 rings (SSSR count). The van der Waals surface area contributed by atoms with Gasteiger partial charge in [-0.2, -0.15) is 13.9 Å². The molecule has 1 aromatic heterocycles. The van der Waals surface area contributed by atoms with Gasteiger partial charge in [0.1, 0.15) is 0 Å². The number of hydrogen-bond acceptors (Lipinski definition) is 2. The smallest absolute Gasteiger partial charge is 0.289 e. The Kier molecular flexibility index (Phi) is 4.31. The fraction of sp³-hybridized carbons (Fsp3) is 0.267. The zero-order valence-corrected chi connectivity index (χ0v) is 12.3. The maximum atomic E-state index is 13.9. The summed E-state index contributed by atoms with van der Waals surface area (Å²) in [7, 11) is 1.78. The molecule has 0 aliphatic heterocycles. The predicted octanol–water partition coefficient (Wildman–Crippen LogP) is 2.91. The molecule has 0 saturated heterocycles. The predicted molar refractivity (Wildman–Crippen MR) is 78.2 cm³/mol. The highest BCUT2D eigenvalue weighted by molar-refractivity contribution is 6.31. The lowest BCUT2D eigenvalue weighted by molar-refractivity contribution is -0.0255. The van der Waals surface area contributed by atoms with Crippen molar-refractivity contribution >= 4 is 11.6 Å². The minimum Gasteiger partial charge on any atom is -0.323 e. The van der Waals surface area contributed by atoms with E-state index in [9.17, 15) is 8.78 Å². The van der Waals surface area contributed by atoms with Gasteiger partial charge in [-0.15, -0.1) is 0 Å². The van der Waals surface area contributed by atoms with Crippen LogP contribution in [0.4, 0.5) is 8.78 Å². The van der Waals surface area contributed by atoms with Crippen molar-refractivity contribution < 1.29 is 8.78 Å².